The Morgan fingerprint density at radius 3 is 3.14 bits per heavy atom. The van der Waals surface area contributed by atoms with Crippen molar-refractivity contribution in [3.8, 4) is 0 Å². The Hall–Kier alpha value is -2.17. The molecule has 0 amide bonds. The number of rotatable bonds is 2. The van der Waals surface area contributed by atoms with E-state index in [1.807, 2.05) is 0 Å². The molecule has 0 aromatic carbocycles. The molecule has 70 valence electrons. The molecular weight excluding hydrogens is 182 g/mol. The number of carboxylic acid groups (broad SMARTS) is 1. The van der Waals surface area contributed by atoms with E-state index in [9.17, 15) is 4.79 Å². The molecule has 0 aliphatic heterocycles. The minimum atomic E-state index is -0.983. The normalized spacial score (nSPS) is 11.1. The quantitative estimate of drug-likeness (QED) is 0.710. The zero-order valence-electron chi connectivity index (χ0n) is 7.16. The predicted molar refractivity (Wildman–Crippen MR) is 49.7 cm³/mol. The SMILES string of the molecule is O=C(O)C=Cc1cnc2ncccn12. The van der Waals surface area contributed by atoms with Crippen molar-refractivity contribution in [2.75, 3.05) is 0 Å². The zero-order chi connectivity index (χ0) is 9.97. The lowest BCUT2D eigenvalue weighted by Gasteiger charge is -1.92. The van der Waals surface area contributed by atoms with Crippen LogP contribution in [0.2, 0.25) is 0 Å². The van der Waals surface area contributed by atoms with Crippen LogP contribution in [0.25, 0.3) is 11.9 Å². The number of aromatic nitrogens is 3. The van der Waals surface area contributed by atoms with Crippen LogP contribution in [0.1, 0.15) is 5.69 Å². The van der Waals surface area contributed by atoms with Gasteiger partial charge in [-0.2, -0.15) is 0 Å². The van der Waals surface area contributed by atoms with Crippen LogP contribution >= 0.6 is 0 Å². The van der Waals surface area contributed by atoms with Gasteiger partial charge in [0.2, 0.25) is 5.78 Å². The smallest absolute Gasteiger partial charge is 0.328 e. The molecule has 5 heteroatoms. The number of hydrogen-bond donors (Lipinski definition) is 1. The highest BCUT2D eigenvalue weighted by Crippen LogP contribution is 2.04. The summed E-state index contributed by atoms with van der Waals surface area (Å²) in [6.45, 7) is 0. The molecule has 0 saturated carbocycles. The van der Waals surface area contributed by atoms with Gasteiger partial charge in [0.15, 0.2) is 0 Å². The third-order valence-corrected chi connectivity index (χ3v) is 1.71. The van der Waals surface area contributed by atoms with Gasteiger partial charge in [0, 0.05) is 18.5 Å². The Balaban J connectivity index is 2.48. The fourth-order valence-electron chi connectivity index (χ4n) is 1.13. The van der Waals surface area contributed by atoms with E-state index in [2.05, 4.69) is 9.97 Å². The van der Waals surface area contributed by atoms with Crippen LogP contribution in [0.3, 0.4) is 0 Å². The van der Waals surface area contributed by atoms with Crippen LogP contribution in [0.4, 0.5) is 0 Å². The van der Waals surface area contributed by atoms with Crippen LogP contribution in [0.15, 0.2) is 30.7 Å². The number of aliphatic carboxylic acids is 1. The van der Waals surface area contributed by atoms with Gasteiger partial charge in [0.25, 0.3) is 0 Å². The lowest BCUT2D eigenvalue weighted by molar-refractivity contribution is -0.131. The van der Waals surface area contributed by atoms with Crippen molar-refractivity contribution in [3.05, 3.63) is 36.4 Å². The first-order valence-corrected chi connectivity index (χ1v) is 3.96. The van der Waals surface area contributed by atoms with Gasteiger partial charge in [0.1, 0.15) is 0 Å². The molecule has 0 radical (unpaired) electrons. The van der Waals surface area contributed by atoms with E-state index in [4.69, 9.17) is 5.11 Å². The number of hydrogen-bond acceptors (Lipinski definition) is 3. The summed E-state index contributed by atoms with van der Waals surface area (Å²) in [5.74, 6) is -0.429. The van der Waals surface area contributed by atoms with E-state index in [-0.39, 0.29) is 0 Å². The first kappa shape index (κ1) is 8.43. The number of nitrogens with zero attached hydrogens (tertiary/aromatic N) is 3. The summed E-state index contributed by atoms with van der Waals surface area (Å²) >= 11 is 0. The molecule has 0 unspecified atom stereocenters. The van der Waals surface area contributed by atoms with Gasteiger partial charge in [-0.3, -0.25) is 4.40 Å². The molecular formula is C9H7N3O2. The highest BCUT2D eigenvalue weighted by atomic mass is 16.4. The number of carbonyl (C=O) groups is 1. The zero-order valence-corrected chi connectivity index (χ0v) is 7.16. The van der Waals surface area contributed by atoms with Gasteiger partial charge in [0.05, 0.1) is 11.9 Å². The average Bonchev–Trinajstić information content (AvgIpc) is 2.58. The van der Waals surface area contributed by atoms with Crippen LogP contribution in [-0.4, -0.2) is 25.4 Å². The Morgan fingerprint density at radius 1 is 1.50 bits per heavy atom. The van der Waals surface area contributed by atoms with Crippen molar-refractivity contribution in [2.45, 2.75) is 0 Å². The van der Waals surface area contributed by atoms with Crippen LogP contribution in [-0.2, 0) is 4.79 Å². The van der Waals surface area contributed by atoms with Gasteiger partial charge < -0.3 is 5.11 Å². The molecule has 2 aromatic heterocycles. The number of imidazole rings is 1. The van der Waals surface area contributed by atoms with Gasteiger partial charge in [-0.05, 0) is 12.1 Å². The standard InChI is InChI=1S/C9H7N3O2/c13-8(14)3-2-7-6-11-9-10-4-1-5-12(7)9/h1-6H,(H,13,14). The third kappa shape index (κ3) is 1.47. The third-order valence-electron chi connectivity index (χ3n) is 1.71. The number of carboxylic acids is 1. The Labute approximate surface area is 79.3 Å². The van der Waals surface area contributed by atoms with Crippen molar-refractivity contribution in [1.29, 1.82) is 0 Å². The molecule has 0 spiro atoms. The summed E-state index contributed by atoms with van der Waals surface area (Å²) in [6.07, 6.45) is 7.52. The first-order valence-electron chi connectivity index (χ1n) is 3.96. The molecule has 0 saturated heterocycles. The van der Waals surface area contributed by atoms with E-state index in [0.717, 1.165) is 6.08 Å². The van der Waals surface area contributed by atoms with Crippen LogP contribution in [0.5, 0.6) is 0 Å². The van der Waals surface area contributed by atoms with Crippen LogP contribution in [0, 0.1) is 0 Å². The maximum Gasteiger partial charge on any atom is 0.328 e. The molecule has 0 aliphatic rings. The monoisotopic (exact) mass is 189 g/mol. The first-order chi connectivity index (χ1) is 6.77. The summed E-state index contributed by atoms with van der Waals surface area (Å²) in [5, 5.41) is 8.45. The van der Waals surface area contributed by atoms with Crippen molar-refractivity contribution < 1.29 is 9.90 Å². The Bertz CT molecular complexity index is 501. The van der Waals surface area contributed by atoms with Gasteiger partial charge in [-0.25, -0.2) is 14.8 Å². The second kappa shape index (κ2) is 3.29. The molecule has 0 fully saturated rings. The van der Waals surface area contributed by atoms with Crippen molar-refractivity contribution in [1.82, 2.24) is 14.4 Å². The maximum absolute atomic E-state index is 10.3. The maximum atomic E-state index is 10.3. The molecule has 1 N–H and O–H groups in total. The minimum absolute atomic E-state index is 0.553. The largest absolute Gasteiger partial charge is 0.478 e. The van der Waals surface area contributed by atoms with Gasteiger partial charge >= 0.3 is 5.97 Å². The topological polar surface area (TPSA) is 67.5 Å². The highest BCUT2D eigenvalue weighted by Gasteiger charge is 1.99. The second-order valence-corrected chi connectivity index (χ2v) is 2.64. The van der Waals surface area contributed by atoms with Crippen LogP contribution < -0.4 is 0 Å². The average molecular weight is 189 g/mol. The minimum Gasteiger partial charge on any atom is -0.478 e. The summed E-state index contributed by atoms with van der Waals surface area (Å²) in [7, 11) is 0. The van der Waals surface area contributed by atoms with E-state index in [1.54, 1.807) is 29.1 Å². The second-order valence-electron chi connectivity index (χ2n) is 2.64. The van der Waals surface area contributed by atoms with Crippen molar-refractivity contribution >= 4 is 17.8 Å². The lowest BCUT2D eigenvalue weighted by Crippen LogP contribution is -1.90. The highest BCUT2D eigenvalue weighted by molar-refractivity contribution is 5.85. The van der Waals surface area contributed by atoms with Gasteiger partial charge in [-0.1, -0.05) is 0 Å². The van der Waals surface area contributed by atoms with E-state index >= 15 is 0 Å². The molecule has 5 nitrogen and oxygen atoms in total. The van der Waals surface area contributed by atoms with E-state index < -0.39 is 5.97 Å². The molecule has 0 atom stereocenters. The molecule has 14 heavy (non-hydrogen) atoms. The van der Waals surface area contributed by atoms with E-state index in [0.29, 0.717) is 11.5 Å². The fraction of sp³-hybridized carbons (Fsp3) is 0. The Kier molecular flexibility index (Phi) is 1.98. The molecule has 2 heterocycles. The molecule has 2 rings (SSSR count). The summed E-state index contributed by atoms with van der Waals surface area (Å²) in [4.78, 5) is 18.3. The van der Waals surface area contributed by atoms with E-state index in [1.165, 1.54) is 6.08 Å². The lowest BCUT2D eigenvalue weighted by atomic mass is 10.4. The summed E-state index contributed by atoms with van der Waals surface area (Å²) in [5.41, 5.74) is 0.690. The number of fused-ring (bicyclic) bond motifs is 1. The summed E-state index contributed by atoms with van der Waals surface area (Å²) < 4.78 is 1.71. The molecule has 0 bridgehead atoms. The molecule has 0 aliphatic carbocycles. The van der Waals surface area contributed by atoms with Gasteiger partial charge in [-0.15, -0.1) is 0 Å². The summed E-state index contributed by atoms with van der Waals surface area (Å²) in [6, 6.07) is 1.76. The predicted octanol–water partition coefficient (Wildman–Crippen LogP) is 0.827. The molecule has 2 aromatic rings. The fourth-order valence-corrected chi connectivity index (χ4v) is 1.13. The Morgan fingerprint density at radius 2 is 2.36 bits per heavy atom. The van der Waals surface area contributed by atoms with Crippen molar-refractivity contribution in [2.24, 2.45) is 0 Å². The van der Waals surface area contributed by atoms with Crippen molar-refractivity contribution in [3.63, 3.8) is 0 Å².